The van der Waals surface area contributed by atoms with E-state index in [1.54, 1.807) is 19.1 Å². The lowest BCUT2D eigenvalue weighted by atomic mass is 9.45. The Labute approximate surface area is 218 Å². The summed E-state index contributed by atoms with van der Waals surface area (Å²) in [6.07, 6.45) is 4.78. The lowest BCUT2D eigenvalue weighted by Crippen LogP contribution is -2.69. The largest absolute Gasteiger partial charge is 0.457 e. The number of aliphatic hydroxyl groups is 1. The summed E-state index contributed by atoms with van der Waals surface area (Å²) in [5.74, 6) is -3.86. The van der Waals surface area contributed by atoms with Crippen molar-refractivity contribution in [2.45, 2.75) is 63.0 Å². The van der Waals surface area contributed by atoms with E-state index in [2.05, 4.69) is 0 Å². The van der Waals surface area contributed by atoms with Crippen LogP contribution in [0.25, 0.3) is 0 Å². The van der Waals surface area contributed by atoms with Gasteiger partial charge in [0.1, 0.15) is 1.37 Å². The van der Waals surface area contributed by atoms with Gasteiger partial charge in [-0.05, 0) is 61.8 Å². The van der Waals surface area contributed by atoms with Crippen LogP contribution in [0.2, 0.25) is 0 Å². The highest BCUT2D eigenvalue weighted by Gasteiger charge is 2.76. The minimum atomic E-state index is -1.76. The van der Waals surface area contributed by atoms with E-state index in [1.165, 1.54) is 6.08 Å². The normalized spacial score (nSPS) is 45.4. The second kappa shape index (κ2) is 8.06. The molecule has 4 aliphatic carbocycles. The van der Waals surface area contributed by atoms with Gasteiger partial charge in [0.2, 0.25) is 5.76 Å². The van der Waals surface area contributed by atoms with Gasteiger partial charge in [0.05, 0.1) is 25.8 Å². The van der Waals surface area contributed by atoms with E-state index in [9.17, 15) is 19.5 Å². The third kappa shape index (κ3) is 3.02. The molecule has 8 atom stereocenters. The summed E-state index contributed by atoms with van der Waals surface area (Å²) in [6, 6.07) is -1.15. The molecule has 0 amide bonds. The fourth-order valence-corrected chi connectivity index (χ4v) is 8.69. The van der Waals surface area contributed by atoms with E-state index in [1.807, 2.05) is 13.8 Å². The predicted octanol–water partition coefficient (Wildman–Crippen LogP) is 4.87. The van der Waals surface area contributed by atoms with Crippen molar-refractivity contribution in [1.82, 2.24) is 0 Å². The van der Waals surface area contributed by atoms with Gasteiger partial charge in [0.25, 0.3) is 0 Å². The van der Waals surface area contributed by atoms with Crippen LogP contribution in [0, 0.1) is 28.6 Å². The average Bonchev–Trinajstić information content (AvgIpc) is 3.25. The molecule has 5 rings (SSSR count). The van der Waals surface area contributed by atoms with E-state index in [4.69, 9.17) is 36.5 Å². The maximum atomic E-state index is 13.7. The Hall–Kier alpha value is -1.89. The highest BCUT2D eigenvalue weighted by Crippen LogP contribution is 2.72. The number of carbonyl (C=O) groups is 3. The van der Waals surface area contributed by atoms with Crippen molar-refractivity contribution in [2.75, 3.05) is 5.88 Å². The van der Waals surface area contributed by atoms with Crippen LogP contribution in [-0.4, -0.2) is 45.1 Å². The van der Waals surface area contributed by atoms with Gasteiger partial charge in [-0.25, -0.2) is 4.79 Å². The molecule has 8 heteroatoms. The number of esters is 1. The zero-order valence-corrected chi connectivity index (χ0v) is 21.3. The number of ketones is 2. The minimum Gasteiger partial charge on any atom is -0.457 e. The Morgan fingerprint density at radius 1 is 1.34 bits per heavy atom. The highest BCUT2D eigenvalue weighted by molar-refractivity contribution is 6.29. The van der Waals surface area contributed by atoms with Crippen molar-refractivity contribution >= 4 is 40.7 Å². The van der Waals surface area contributed by atoms with Gasteiger partial charge in [0, 0.05) is 16.7 Å². The number of ether oxygens (including phenoxy) is 1. The molecule has 0 spiro atoms. The van der Waals surface area contributed by atoms with E-state index in [0.29, 0.717) is 19.3 Å². The lowest BCUT2D eigenvalue weighted by Gasteiger charge is -2.64. The van der Waals surface area contributed by atoms with Crippen molar-refractivity contribution in [3.05, 3.63) is 47.9 Å². The number of carbonyl (C=O) groups excluding carboxylic acids is 3. The van der Waals surface area contributed by atoms with E-state index < -0.39 is 75.0 Å². The maximum Gasteiger partial charge on any atom is 0.375 e. The number of furan rings is 1. The standard InChI is InChI=1S/C27H30Cl2O6/c1-15-11-19-18-7-6-16-12-17(30)8-9-24(16,2)26(18,29)21(31)13-25(19,3)27(15,22(32)14-28)35-23(33)20-5-4-10-34-20/h4-5,8-10,12,15,18-19,21,31H,6-7,11,13-14H2,1-3H3/t15?,18-,19?,21-,24-,25-,26?,27-/m0/s1/i4D,5D,10D. The summed E-state index contributed by atoms with van der Waals surface area (Å²) >= 11 is 13.6. The molecule has 3 saturated carbocycles. The van der Waals surface area contributed by atoms with Gasteiger partial charge >= 0.3 is 5.97 Å². The quantitative estimate of drug-likeness (QED) is 0.446. The summed E-state index contributed by atoms with van der Waals surface area (Å²) < 4.78 is 34.5. The van der Waals surface area contributed by atoms with Crippen molar-refractivity contribution < 1.29 is 32.8 Å². The summed E-state index contributed by atoms with van der Waals surface area (Å²) in [4.78, 5) is 38.0. The molecule has 0 aliphatic heterocycles. The fourth-order valence-electron chi connectivity index (χ4n) is 7.97. The molecule has 0 aromatic carbocycles. The van der Waals surface area contributed by atoms with Crippen LogP contribution in [0.1, 0.15) is 61.1 Å². The molecule has 6 nitrogen and oxygen atoms in total. The van der Waals surface area contributed by atoms with Crippen LogP contribution in [0.3, 0.4) is 0 Å². The third-order valence-corrected chi connectivity index (χ3v) is 10.7. The zero-order valence-electron chi connectivity index (χ0n) is 22.8. The monoisotopic (exact) mass is 523 g/mol. The summed E-state index contributed by atoms with van der Waals surface area (Å²) in [5, 5.41) is 11.8. The first-order valence-electron chi connectivity index (χ1n) is 13.4. The molecule has 188 valence electrons. The van der Waals surface area contributed by atoms with Crippen LogP contribution < -0.4 is 0 Å². The average molecular weight is 524 g/mol. The third-order valence-electron chi connectivity index (χ3n) is 9.54. The topological polar surface area (TPSA) is 93.8 Å². The minimum absolute atomic E-state index is 0.0296. The first-order valence-corrected chi connectivity index (χ1v) is 12.8. The van der Waals surface area contributed by atoms with Crippen molar-refractivity contribution in [1.29, 1.82) is 0 Å². The van der Waals surface area contributed by atoms with E-state index in [0.717, 1.165) is 5.57 Å². The number of rotatable bonds is 4. The van der Waals surface area contributed by atoms with Gasteiger partial charge < -0.3 is 14.3 Å². The Bertz CT molecular complexity index is 1310. The van der Waals surface area contributed by atoms with Crippen molar-refractivity contribution in [3.63, 3.8) is 0 Å². The zero-order chi connectivity index (χ0) is 28.0. The lowest BCUT2D eigenvalue weighted by molar-refractivity contribution is -0.177. The SMILES string of the molecule is [2H]c1oc(C(=O)O[C@]2(C(=O)CCl)C(C)CC3[C@@H]4CCC5=CC(=O)C=C[C@]5(C)C4(Cl)[C@@H](O)C[C@@]32C)c([2H])c1[2H]. The molecular formula is C27H30Cl2O6. The molecule has 0 bridgehead atoms. The molecule has 1 aromatic heterocycles. The smallest absolute Gasteiger partial charge is 0.375 e. The highest BCUT2D eigenvalue weighted by atomic mass is 35.5. The van der Waals surface area contributed by atoms with Gasteiger partial charge in [-0.1, -0.05) is 32.4 Å². The van der Waals surface area contributed by atoms with Crippen LogP contribution in [0.15, 0.2) is 46.5 Å². The number of fused-ring (bicyclic) bond motifs is 5. The second-order valence-corrected chi connectivity index (χ2v) is 11.8. The molecular weight excluding hydrogens is 491 g/mol. The fraction of sp³-hybridized carbons (Fsp3) is 0.593. The molecule has 1 aromatic rings. The summed E-state index contributed by atoms with van der Waals surface area (Å²) in [5.41, 5.74) is -2.73. The van der Waals surface area contributed by atoms with Crippen LogP contribution in [0.4, 0.5) is 0 Å². The molecule has 0 saturated heterocycles. The van der Waals surface area contributed by atoms with Gasteiger partial charge in [-0.15, -0.1) is 23.2 Å². The van der Waals surface area contributed by atoms with Crippen LogP contribution >= 0.6 is 23.2 Å². The maximum absolute atomic E-state index is 13.7. The molecule has 3 fully saturated rings. The van der Waals surface area contributed by atoms with Gasteiger partial charge in [-0.2, -0.15) is 0 Å². The first-order chi connectivity index (χ1) is 17.7. The summed E-state index contributed by atoms with van der Waals surface area (Å²) in [7, 11) is 0. The number of Topliss-reactive ketones (excluding diaryl/α,β-unsaturated/α-hetero) is 1. The van der Waals surface area contributed by atoms with Crippen LogP contribution in [0.5, 0.6) is 0 Å². The molecule has 0 radical (unpaired) electrons. The number of alkyl halides is 2. The van der Waals surface area contributed by atoms with Crippen molar-refractivity contribution in [3.8, 4) is 0 Å². The van der Waals surface area contributed by atoms with E-state index in [-0.39, 0.29) is 24.0 Å². The molecule has 4 aliphatic rings. The molecule has 1 heterocycles. The second-order valence-electron chi connectivity index (χ2n) is 10.9. The Kier molecular flexibility index (Phi) is 4.88. The number of halogens is 2. The number of aliphatic hydroxyl groups excluding tert-OH is 1. The summed E-state index contributed by atoms with van der Waals surface area (Å²) in [6.45, 7) is 5.56. The Morgan fingerprint density at radius 3 is 2.74 bits per heavy atom. The molecule has 1 N–H and O–H groups in total. The van der Waals surface area contributed by atoms with E-state index >= 15 is 0 Å². The molecule has 35 heavy (non-hydrogen) atoms. The predicted molar refractivity (Wildman–Crippen MR) is 130 cm³/mol. The number of allylic oxidation sites excluding steroid dienone is 4. The van der Waals surface area contributed by atoms with Crippen molar-refractivity contribution in [2.24, 2.45) is 28.6 Å². The first kappa shape index (κ1) is 21.2. The molecule has 3 unspecified atom stereocenters. The number of hydrogen-bond donors (Lipinski definition) is 1. The Morgan fingerprint density at radius 2 is 2.09 bits per heavy atom. The Balaban J connectivity index is 1.61. The van der Waals surface area contributed by atoms with Gasteiger partial charge in [-0.3, -0.25) is 9.59 Å². The van der Waals surface area contributed by atoms with Crippen LogP contribution in [-0.2, 0) is 14.3 Å². The number of hydrogen-bond acceptors (Lipinski definition) is 6. The van der Waals surface area contributed by atoms with Gasteiger partial charge in [0.15, 0.2) is 17.2 Å².